The summed E-state index contributed by atoms with van der Waals surface area (Å²) in [5.74, 6) is 1.02. The predicted molar refractivity (Wildman–Crippen MR) is 117 cm³/mol. The van der Waals surface area contributed by atoms with Crippen molar-refractivity contribution in [3.8, 4) is 11.5 Å². The van der Waals surface area contributed by atoms with Gasteiger partial charge in [0.15, 0.2) is 6.61 Å². The van der Waals surface area contributed by atoms with E-state index in [0.29, 0.717) is 30.2 Å². The maximum atomic E-state index is 12.3. The summed E-state index contributed by atoms with van der Waals surface area (Å²) in [6.45, 7) is 0.577. The largest absolute Gasteiger partial charge is 0.494 e. The van der Waals surface area contributed by atoms with Gasteiger partial charge in [-0.2, -0.15) is 0 Å². The van der Waals surface area contributed by atoms with E-state index in [1.54, 1.807) is 24.1 Å². The van der Waals surface area contributed by atoms with Crippen molar-refractivity contribution in [3.05, 3.63) is 60.7 Å². The average Bonchev–Trinajstić information content (AvgIpc) is 2.78. The van der Waals surface area contributed by atoms with E-state index in [9.17, 15) is 9.59 Å². The van der Waals surface area contributed by atoms with E-state index in [1.807, 2.05) is 48.5 Å². The highest BCUT2D eigenvalue weighted by molar-refractivity contribution is 5.97. The van der Waals surface area contributed by atoms with Gasteiger partial charge >= 0.3 is 0 Å². The molecule has 1 aliphatic rings. The molecule has 1 heterocycles. The van der Waals surface area contributed by atoms with Crippen molar-refractivity contribution < 1.29 is 19.1 Å². The minimum absolute atomic E-state index is 0.0973. The lowest BCUT2D eigenvalue weighted by molar-refractivity contribution is -0.119. The van der Waals surface area contributed by atoms with E-state index in [4.69, 9.17) is 9.47 Å². The number of methoxy groups -OCH3 is 1. The number of benzene rings is 3. The van der Waals surface area contributed by atoms with Crippen LogP contribution in [0.3, 0.4) is 0 Å². The van der Waals surface area contributed by atoms with Gasteiger partial charge < -0.3 is 19.7 Å². The molecule has 1 N–H and O–H groups in total. The number of carbonyl (C=O) groups excluding carboxylic acids is 2. The lowest BCUT2D eigenvalue weighted by Crippen LogP contribution is -2.35. The maximum Gasteiger partial charge on any atom is 0.262 e. The summed E-state index contributed by atoms with van der Waals surface area (Å²) in [6, 6.07) is 19.0. The van der Waals surface area contributed by atoms with E-state index in [2.05, 4.69) is 5.32 Å². The Balaban J connectivity index is 1.40. The zero-order valence-electron chi connectivity index (χ0n) is 16.9. The Labute approximate surface area is 175 Å². The number of anilines is 2. The van der Waals surface area contributed by atoms with E-state index < -0.39 is 0 Å². The fraction of sp³-hybridized carbons (Fsp3) is 0.250. The second-order valence-corrected chi connectivity index (χ2v) is 7.23. The van der Waals surface area contributed by atoms with Crippen LogP contribution in [0.2, 0.25) is 0 Å². The molecule has 6 heteroatoms. The number of hydrogen-bond acceptors (Lipinski definition) is 4. The highest BCUT2D eigenvalue weighted by atomic mass is 16.5. The molecule has 4 rings (SSSR count). The average molecular weight is 404 g/mol. The highest BCUT2D eigenvalue weighted by Gasteiger charge is 2.22. The van der Waals surface area contributed by atoms with Crippen LogP contribution in [-0.4, -0.2) is 32.1 Å². The number of hydrogen-bond donors (Lipinski definition) is 1. The van der Waals surface area contributed by atoms with Gasteiger partial charge in [0, 0.05) is 24.7 Å². The Morgan fingerprint density at radius 1 is 1.03 bits per heavy atom. The number of fused-ring (bicyclic) bond motifs is 1. The molecule has 1 aliphatic heterocycles. The number of piperidine rings is 1. The van der Waals surface area contributed by atoms with Crippen molar-refractivity contribution in [1.82, 2.24) is 0 Å². The zero-order valence-corrected chi connectivity index (χ0v) is 16.9. The lowest BCUT2D eigenvalue weighted by Gasteiger charge is -2.28. The normalized spacial score (nSPS) is 13.9. The van der Waals surface area contributed by atoms with Crippen LogP contribution < -0.4 is 19.7 Å². The number of rotatable bonds is 6. The quantitative estimate of drug-likeness (QED) is 0.662. The number of carbonyl (C=O) groups is 2. The Morgan fingerprint density at radius 3 is 2.67 bits per heavy atom. The van der Waals surface area contributed by atoms with Crippen molar-refractivity contribution in [1.29, 1.82) is 0 Å². The number of nitrogens with zero attached hydrogens (tertiary/aromatic N) is 1. The van der Waals surface area contributed by atoms with Crippen molar-refractivity contribution in [3.63, 3.8) is 0 Å². The molecule has 1 fully saturated rings. The second kappa shape index (κ2) is 8.86. The van der Waals surface area contributed by atoms with Gasteiger partial charge in [0.2, 0.25) is 5.91 Å². The molecule has 0 radical (unpaired) electrons. The smallest absolute Gasteiger partial charge is 0.262 e. The first-order valence-corrected chi connectivity index (χ1v) is 10.0. The maximum absolute atomic E-state index is 12.3. The summed E-state index contributed by atoms with van der Waals surface area (Å²) >= 11 is 0. The number of ether oxygens (including phenoxy) is 2. The number of nitrogens with one attached hydrogen (secondary N) is 1. The van der Waals surface area contributed by atoms with Crippen LogP contribution in [0.25, 0.3) is 10.8 Å². The van der Waals surface area contributed by atoms with Crippen LogP contribution in [0.15, 0.2) is 60.7 Å². The summed E-state index contributed by atoms with van der Waals surface area (Å²) in [5, 5.41) is 5.00. The molecule has 3 aromatic rings. The van der Waals surface area contributed by atoms with Gasteiger partial charge in [-0.05, 0) is 47.9 Å². The van der Waals surface area contributed by atoms with Crippen LogP contribution in [0.1, 0.15) is 19.3 Å². The Kier molecular flexibility index (Phi) is 5.84. The van der Waals surface area contributed by atoms with E-state index >= 15 is 0 Å². The first-order valence-electron chi connectivity index (χ1n) is 10.0. The standard InChI is InChI=1S/C24H24N2O4/c1-29-22-15-19(10-12-21(22)26-13-5-4-8-24(26)28)25-23(27)16-30-20-11-9-17-6-2-3-7-18(17)14-20/h2-3,6-7,9-12,14-15H,4-5,8,13,16H2,1H3,(H,25,27). The lowest BCUT2D eigenvalue weighted by atomic mass is 10.1. The summed E-state index contributed by atoms with van der Waals surface area (Å²) in [6.07, 6.45) is 2.44. The molecule has 0 bridgehead atoms. The topological polar surface area (TPSA) is 67.9 Å². The molecule has 0 atom stereocenters. The fourth-order valence-corrected chi connectivity index (χ4v) is 3.64. The third-order valence-corrected chi connectivity index (χ3v) is 5.17. The Bertz CT molecular complexity index is 1080. The van der Waals surface area contributed by atoms with Gasteiger partial charge in [-0.15, -0.1) is 0 Å². The van der Waals surface area contributed by atoms with Crippen molar-refractivity contribution >= 4 is 34.0 Å². The van der Waals surface area contributed by atoms with Crippen LogP contribution in [0.5, 0.6) is 11.5 Å². The molecule has 30 heavy (non-hydrogen) atoms. The van der Waals surface area contributed by atoms with Gasteiger partial charge in [0.1, 0.15) is 11.5 Å². The van der Waals surface area contributed by atoms with Gasteiger partial charge in [0.05, 0.1) is 12.8 Å². The molecular weight excluding hydrogens is 380 g/mol. The van der Waals surface area contributed by atoms with E-state index in [0.717, 1.165) is 29.3 Å². The van der Waals surface area contributed by atoms with Crippen LogP contribution >= 0.6 is 0 Å². The Morgan fingerprint density at radius 2 is 1.87 bits per heavy atom. The summed E-state index contributed by atoms with van der Waals surface area (Å²) in [5.41, 5.74) is 1.32. The summed E-state index contributed by atoms with van der Waals surface area (Å²) in [7, 11) is 1.56. The third-order valence-electron chi connectivity index (χ3n) is 5.17. The van der Waals surface area contributed by atoms with Gasteiger partial charge in [-0.1, -0.05) is 30.3 Å². The van der Waals surface area contributed by atoms with Crippen LogP contribution in [0.4, 0.5) is 11.4 Å². The molecule has 0 aliphatic carbocycles. The van der Waals surface area contributed by atoms with E-state index in [1.165, 1.54) is 0 Å². The predicted octanol–water partition coefficient (Wildman–Crippen LogP) is 4.38. The summed E-state index contributed by atoms with van der Waals surface area (Å²) in [4.78, 5) is 26.3. The minimum atomic E-state index is -0.271. The second-order valence-electron chi connectivity index (χ2n) is 7.23. The highest BCUT2D eigenvalue weighted by Crippen LogP contribution is 2.33. The zero-order chi connectivity index (χ0) is 20.9. The van der Waals surface area contributed by atoms with Gasteiger partial charge in [0.25, 0.3) is 5.91 Å². The van der Waals surface area contributed by atoms with Crippen molar-refractivity contribution in [2.45, 2.75) is 19.3 Å². The first-order chi connectivity index (χ1) is 14.6. The van der Waals surface area contributed by atoms with Crippen molar-refractivity contribution in [2.24, 2.45) is 0 Å². The summed E-state index contributed by atoms with van der Waals surface area (Å²) < 4.78 is 11.1. The van der Waals surface area contributed by atoms with Gasteiger partial charge in [-0.3, -0.25) is 9.59 Å². The molecule has 0 aromatic heterocycles. The Hall–Kier alpha value is -3.54. The van der Waals surface area contributed by atoms with Crippen LogP contribution in [-0.2, 0) is 9.59 Å². The molecule has 0 unspecified atom stereocenters. The van der Waals surface area contributed by atoms with Crippen molar-refractivity contribution in [2.75, 3.05) is 30.5 Å². The fourth-order valence-electron chi connectivity index (χ4n) is 3.64. The first kappa shape index (κ1) is 19.8. The molecule has 0 spiro atoms. The third kappa shape index (κ3) is 4.38. The van der Waals surface area contributed by atoms with Gasteiger partial charge in [-0.25, -0.2) is 0 Å². The van der Waals surface area contributed by atoms with E-state index in [-0.39, 0.29) is 18.4 Å². The molecular formula is C24H24N2O4. The monoisotopic (exact) mass is 404 g/mol. The molecule has 3 aromatic carbocycles. The number of amides is 2. The molecule has 1 saturated heterocycles. The minimum Gasteiger partial charge on any atom is -0.494 e. The van der Waals surface area contributed by atoms with Crippen LogP contribution in [0, 0.1) is 0 Å². The molecule has 154 valence electrons. The SMILES string of the molecule is COc1cc(NC(=O)COc2ccc3ccccc3c2)ccc1N1CCCCC1=O. The molecule has 2 amide bonds. The molecule has 6 nitrogen and oxygen atoms in total. The molecule has 0 saturated carbocycles.